The third-order valence-electron chi connectivity index (χ3n) is 2.55. The van der Waals surface area contributed by atoms with E-state index in [1.165, 1.54) is 0 Å². The molecule has 1 aromatic rings. The molecule has 0 aromatic heterocycles. The number of benzene rings is 1. The van der Waals surface area contributed by atoms with E-state index in [1.54, 1.807) is 0 Å². The molecule has 96 valence electrons. The Hall–Kier alpha value is -1.36. The minimum Gasteiger partial charge on any atom is -0.382 e. The van der Waals surface area contributed by atoms with Crippen LogP contribution < -0.4 is 5.32 Å². The molecule has 0 saturated carbocycles. The van der Waals surface area contributed by atoms with Crippen LogP contribution in [0.3, 0.4) is 0 Å². The summed E-state index contributed by atoms with van der Waals surface area (Å²) in [5.74, 6) is -0.112. The van der Waals surface area contributed by atoms with Crippen molar-refractivity contribution in [3.8, 4) is 0 Å². The second-order valence-electron chi connectivity index (χ2n) is 4.51. The van der Waals surface area contributed by atoms with Gasteiger partial charge in [0.25, 0.3) is 5.91 Å². The van der Waals surface area contributed by atoms with E-state index in [2.05, 4.69) is 26.4 Å². The van der Waals surface area contributed by atoms with Crippen molar-refractivity contribution in [2.45, 2.75) is 32.4 Å². The van der Waals surface area contributed by atoms with Crippen LogP contribution in [0.2, 0.25) is 0 Å². The molecule has 1 aromatic carbocycles. The zero-order valence-corrected chi connectivity index (χ0v) is 11.9. The van der Waals surface area contributed by atoms with Crippen LogP contribution in [0.25, 0.3) is 0 Å². The van der Waals surface area contributed by atoms with Crippen molar-refractivity contribution in [3.63, 3.8) is 0 Å². The van der Waals surface area contributed by atoms with Gasteiger partial charge in [0.2, 0.25) is 6.10 Å². The van der Waals surface area contributed by atoms with Crippen LogP contribution in [0.4, 0.5) is 0 Å². The van der Waals surface area contributed by atoms with Crippen molar-refractivity contribution < 1.29 is 9.63 Å². The Morgan fingerprint density at radius 2 is 2.33 bits per heavy atom. The van der Waals surface area contributed by atoms with Gasteiger partial charge in [0.05, 0.1) is 5.71 Å². The third-order valence-corrected chi connectivity index (χ3v) is 3.04. The number of carbonyl (C=O) groups is 1. The van der Waals surface area contributed by atoms with Crippen molar-refractivity contribution in [1.29, 1.82) is 0 Å². The molecule has 0 aliphatic carbocycles. The first kappa shape index (κ1) is 13.1. The van der Waals surface area contributed by atoms with Crippen molar-refractivity contribution >= 4 is 27.5 Å². The van der Waals surface area contributed by atoms with Crippen LogP contribution in [0.5, 0.6) is 0 Å². The molecule has 1 N–H and O–H groups in total. The Morgan fingerprint density at radius 1 is 1.56 bits per heavy atom. The van der Waals surface area contributed by atoms with E-state index < -0.39 is 6.10 Å². The maximum Gasteiger partial charge on any atom is 0.264 e. The first-order chi connectivity index (χ1) is 8.56. The first-order valence-corrected chi connectivity index (χ1v) is 6.64. The van der Waals surface area contributed by atoms with Crippen molar-refractivity contribution in [1.82, 2.24) is 5.32 Å². The number of rotatable bonds is 3. The zero-order chi connectivity index (χ0) is 13.1. The topological polar surface area (TPSA) is 50.7 Å². The molecule has 1 aliphatic rings. The molecule has 1 atom stereocenters. The third kappa shape index (κ3) is 3.10. The monoisotopic (exact) mass is 310 g/mol. The molecule has 0 saturated heterocycles. The second-order valence-corrected chi connectivity index (χ2v) is 5.43. The number of oxime groups is 1. The Bertz CT molecular complexity index is 486. The standard InChI is InChI=1S/C13H15BrN2O2/c1-8(2)15-13(17)12-7-11(16-18-12)9-4-3-5-10(14)6-9/h3-6,8,12H,7H2,1-2H3,(H,15,17)/t12-/m0/s1. The molecule has 4 nitrogen and oxygen atoms in total. The van der Waals surface area contributed by atoms with Gasteiger partial charge in [-0.15, -0.1) is 0 Å². The van der Waals surface area contributed by atoms with E-state index in [0.29, 0.717) is 6.42 Å². The molecule has 0 radical (unpaired) electrons. The van der Waals surface area contributed by atoms with Gasteiger partial charge in [-0.3, -0.25) is 4.79 Å². The van der Waals surface area contributed by atoms with Crippen LogP contribution in [0.15, 0.2) is 33.9 Å². The van der Waals surface area contributed by atoms with Gasteiger partial charge in [-0.1, -0.05) is 33.2 Å². The van der Waals surface area contributed by atoms with Gasteiger partial charge < -0.3 is 10.2 Å². The average molecular weight is 311 g/mol. The van der Waals surface area contributed by atoms with E-state index in [1.807, 2.05) is 38.1 Å². The highest BCUT2D eigenvalue weighted by molar-refractivity contribution is 9.10. The summed E-state index contributed by atoms with van der Waals surface area (Å²) in [7, 11) is 0. The molecule has 5 heteroatoms. The quantitative estimate of drug-likeness (QED) is 0.932. The lowest BCUT2D eigenvalue weighted by Gasteiger charge is -2.11. The van der Waals surface area contributed by atoms with Gasteiger partial charge >= 0.3 is 0 Å². The van der Waals surface area contributed by atoms with Gasteiger partial charge in [-0.25, -0.2) is 0 Å². The normalized spacial score (nSPS) is 18.4. The Morgan fingerprint density at radius 3 is 3.00 bits per heavy atom. The predicted molar refractivity (Wildman–Crippen MR) is 73.4 cm³/mol. The molecule has 1 aliphatic heterocycles. The maximum absolute atomic E-state index is 11.8. The number of amides is 1. The lowest BCUT2D eigenvalue weighted by molar-refractivity contribution is -0.131. The highest BCUT2D eigenvalue weighted by atomic mass is 79.9. The fraction of sp³-hybridized carbons (Fsp3) is 0.385. The number of carbonyl (C=O) groups excluding carboxylic acids is 1. The molecule has 2 rings (SSSR count). The number of halogens is 1. The summed E-state index contributed by atoms with van der Waals surface area (Å²) < 4.78 is 0.984. The fourth-order valence-electron chi connectivity index (χ4n) is 1.73. The number of nitrogens with one attached hydrogen (secondary N) is 1. The average Bonchev–Trinajstić information content (AvgIpc) is 2.77. The van der Waals surface area contributed by atoms with Gasteiger partial charge in [0, 0.05) is 22.5 Å². The highest BCUT2D eigenvalue weighted by Gasteiger charge is 2.29. The molecule has 0 bridgehead atoms. The van der Waals surface area contributed by atoms with Crippen LogP contribution in [-0.4, -0.2) is 23.8 Å². The van der Waals surface area contributed by atoms with E-state index in [4.69, 9.17) is 4.84 Å². The largest absolute Gasteiger partial charge is 0.382 e. The molecule has 1 amide bonds. The van der Waals surface area contributed by atoms with Gasteiger partial charge in [-0.05, 0) is 26.0 Å². The van der Waals surface area contributed by atoms with E-state index in [-0.39, 0.29) is 11.9 Å². The van der Waals surface area contributed by atoms with Gasteiger partial charge in [-0.2, -0.15) is 0 Å². The van der Waals surface area contributed by atoms with Crippen molar-refractivity contribution in [2.24, 2.45) is 5.16 Å². The Labute approximate surface area is 115 Å². The SMILES string of the molecule is CC(C)NC(=O)[C@@H]1CC(c2cccc(Br)c2)=NO1. The number of hydrogen-bond donors (Lipinski definition) is 1. The maximum atomic E-state index is 11.8. The molecule has 0 unspecified atom stereocenters. The van der Waals surface area contributed by atoms with Crippen molar-refractivity contribution in [3.05, 3.63) is 34.3 Å². The van der Waals surface area contributed by atoms with E-state index >= 15 is 0 Å². The predicted octanol–water partition coefficient (Wildman–Crippen LogP) is 2.47. The van der Waals surface area contributed by atoms with Crippen LogP contribution in [0.1, 0.15) is 25.8 Å². The molecular formula is C13H15BrN2O2. The minimum atomic E-state index is -0.513. The summed E-state index contributed by atoms with van der Waals surface area (Å²) in [5.41, 5.74) is 1.78. The summed E-state index contributed by atoms with van der Waals surface area (Å²) in [6.45, 7) is 3.84. The molecule has 0 spiro atoms. The number of hydrogen-bond acceptors (Lipinski definition) is 3. The van der Waals surface area contributed by atoms with Crippen LogP contribution >= 0.6 is 15.9 Å². The minimum absolute atomic E-state index is 0.107. The van der Waals surface area contributed by atoms with Crippen molar-refractivity contribution in [2.75, 3.05) is 0 Å². The molecule has 18 heavy (non-hydrogen) atoms. The second kappa shape index (κ2) is 5.52. The van der Waals surface area contributed by atoms with Gasteiger partial charge in [0.15, 0.2) is 0 Å². The lowest BCUT2D eigenvalue weighted by Crippen LogP contribution is -2.38. The highest BCUT2D eigenvalue weighted by Crippen LogP contribution is 2.19. The summed E-state index contributed by atoms with van der Waals surface area (Å²) in [5, 5.41) is 6.81. The summed E-state index contributed by atoms with van der Waals surface area (Å²) in [6, 6.07) is 7.91. The zero-order valence-electron chi connectivity index (χ0n) is 10.3. The summed E-state index contributed by atoms with van der Waals surface area (Å²) in [4.78, 5) is 17.0. The first-order valence-electron chi connectivity index (χ1n) is 5.85. The molecular weight excluding hydrogens is 296 g/mol. The summed E-state index contributed by atoms with van der Waals surface area (Å²) >= 11 is 3.41. The van der Waals surface area contributed by atoms with Gasteiger partial charge in [0.1, 0.15) is 0 Å². The molecule has 1 heterocycles. The lowest BCUT2D eigenvalue weighted by atomic mass is 10.0. The summed E-state index contributed by atoms with van der Waals surface area (Å²) in [6.07, 6.45) is -0.00367. The Balaban J connectivity index is 2.02. The number of nitrogens with zero attached hydrogens (tertiary/aromatic N) is 1. The Kier molecular flexibility index (Phi) is 4.01. The molecule has 0 fully saturated rings. The smallest absolute Gasteiger partial charge is 0.264 e. The van der Waals surface area contributed by atoms with Crippen LogP contribution in [-0.2, 0) is 9.63 Å². The van der Waals surface area contributed by atoms with E-state index in [0.717, 1.165) is 15.7 Å². The van der Waals surface area contributed by atoms with Crippen LogP contribution in [0, 0.1) is 0 Å². The fourth-order valence-corrected chi connectivity index (χ4v) is 2.13. The van der Waals surface area contributed by atoms with E-state index in [9.17, 15) is 4.79 Å².